The number of benzene rings is 2. The van der Waals surface area contributed by atoms with Gasteiger partial charge in [0.05, 0.1) is 51.8 Å². The molecule has 4 nitrogen and oxygen atoms in total. The van der Waals surface area contributed by atoms with Gasteiger partial charge in [0.1, 0.15) is 0 Å². The molecule has 26 heavy (non-hydrogen) atoms. The van der Waals surface area contributed by atoms with Gasteiger partial charge in [0.2, 0.25) is 0 Å². The summed E-state index contributed by atoms with van der Waals surface area (Å²) < 4.78 is 23.6. The molecule has 2 fully saturated rings. The van der Waals surface area contributed by atoms with Gasteiger partial charge in [-0.05, 0) is 33.4 Å². The Balaban J connectivity index is 1.27. The maximum Gasteiger partial charge on any atom is 0.0879 e. The Kier molecular flexibility index (Phi) is 3.48. The fraction of sp³-hybridized carbons (Fsp3) is 0.455. The van der Waals surface area contributed by atoms with E-state index < -0.39 is 0 Å². The Labute approximate surface area is 153 Å². The van der Waals surface area contributed by atoms with Crippen LogP contribution in [0.3, 0.4) is 0 Å². The van der Waals surface area contributed by atoms with E-state index in [1.165, 1.54) is 33.4 Å². The lowest BCUT2D eigenvalue weighted by atomic mass is 9.84. The van der Waals surface area contributed by atoms with Crippen LogP contribution in [0.25, 0.3) is 0 Å². The van der Waals surface area contributed by atoms with Crippen LogP contribution in [0.2, 0.25) is 0 Å². The largest absolute Gasteiger partial charge is 0.373 e. The Morgan fingerprint density at radius 2 is 1.04 bits per heavy atom. The fourth-order valence-corrected chi connectivity index (χ4v) is 4.97. The van der Waals surface area contributed by atoms with Crippen LogP contribution in [0.4, 0.5) is 0 Å². The van der Waals surface area contributed by atoms with Gasteiger partial charge in [-0.25, -0.2) is 0 Å². The summed E-state index contributed by atoms with van der Waals surface area (Å²) in [4.78, 5) is 0. The second-order valence-corrected chi connectivity index (χ2v) is 7.88. The third-order valence-corrected chi connectivity index (χ3v) is 6.41. The molecule has 6 rings (SSSR count). The van der Waals surface area contributed by atoms with Gasteiger partial charge < -0.3 is 18.9 Å². The van der Waals surface area contributed by atoms with Crippen molar-refractivity contribution in [1.82, 2.24) is 0 Å². The second-order valence-electron chi connectivity index (χ2n) is 7.88. The summed E-state index contributed by atoms with van der Waals surface area (Å²) in [6.07, 6.45) is 0.266. The van der Waals surface area contributed by atoms with Crippen LogP contribution in [0.1, 0.15) is 45.6 Å². The van der Waals surface area contributed by atoms with Crippen molar-refractivity contribution >= 4 is 0 Å². The smallest absolute Gasteiger partial charge is 0.0879 e. The molecule has 0 aliphatic carbocycles. The van der Waals surface area contributed by atoms with Crippen molar-refractivity contribution < 1.29 is 18.9 Å². The predicted molar refractivity (Wildman–Crippen MR) is 94.2 cm³/mol. The highest BCUT2D eigenvalue weighted by molar-refractivity contribution is 5.37. The monoisotopic (exact) mass is 350 g/mol. The lowest BCUT2D eigenvalue weighted by molar-refractivity contribution is 0.0192. The highest BCUT2D eigenvalue weighted by Gasteiger charge is 2.48. The zero-order valence-corrected chi connectivity index (χ0v) is 14.6. The van der Waals surface area contributed by atoms with E-state index in [0.29, 0.717) is 11.8 Å². The summed E-state index contributed by atoms with van der Waals surface area (Å²) in [6, 6.07) is 13.4. The van der Waals surface area contributed by atoms with Gasteiger partial charge in [-0.15, -0.1) is 0 Å². The van der Waals surface area contributed by atoms with E-state index in [2.05, 4.69) is 36.4 Å². The Hall–Kier alpha value is -1.72. The van der Waals surface area contributed by atoms with Crippen LogP contribution in [0, 0.1) is 11.8 Å². The molecule has 0 radical (unpaired) electrons. The van der Waals surface area contributed by atoms with E-state index >= 15 is 0 Å². The fourth-order valence-electron chi connectivity index (χ4n) is 4.97. The number of hydrogen-bond donors (Lipinski definition) is 0. The molecule has 4 aliphatic heterocycles. The third-order valence-electron chi connectivity index (χ3n) is 6.41. The first-order valence-electron chi connectivity index (χ1n) is 9.49. The topological polar surface area (TPSA) is 36.9 Å². The summed E-state index contributed by atoms with van der Waals surface area (Å²) in [5.74, 6) is 0.842. The number of ether oxygens (including phenoxy) is 4. The molecule has 0 bridgehead atoms. The number of fused-ring (bicyclic) bond motifs is 3. The van der Waals surface area contributed by atoms with Crippen LogP contribution >= 0.6 is 0 Å². The molecule has 2 aromatic rings. The average molecular weight is 350 g/mol. The molecule has 0 saturated carbocycles. The van der Waals surface area contributed by atoms with E-state index in [4.69, 9.17) is 18.9 Å². The summed E-state index contributed by atoms with van der Waals surface area (Å²) in [5.41, 5.74) is 7.78. The van der Waals surface area contributed by atoms with Gasteiger partial charge in [-0.1, -0.05) is 36.4 Å². The summed E-state index contributed by atoms with van der Waals surface area (Å²) >= 11 is 0. The second kappa shape index (κ2) is 5.89. The van der Waals surface area contributed by atoms with Gasteiger partial charge in [0.15, 0.2) is 0 Å². The first kappa shape index (κ1) is 15.3. The Morgan fingerprint density at radius 1 is 0.577 bits per heavy atom. The predicted octanol–water partition coefficient (Wildman–Crippen LogP) is 3.82. The minimum absolute atomic E-state index is 0.133. The zero-order valence-electron chi connectivity index (χ0n) is 14.6. The van der Waals surface area contributed by atoms with Gasteiger partial charge in [0.25, 0.3) is 0 Å². The first-order valence-corrected chi connectivity index (χ1v) is 9.49. The molecule has 0 N–H and O–H groups in total. The molecular weight excluding hydrogens is 328 g/mol. The lowest BCUT2D eigenvalue weighted by Gasteiger charge is -2.17. The van der Waals surface area contributed by atoms with Gasteiger partial charge in [0, 0.05) is 11.8 Å². The summed E-state index contributed by atoms with van der Waals surface area (Å²) in [7, 11) is 0. The van der Waals surface area contributed by atoms with Crippen LogP contribution in [0.5, 0.6) is 0 Å². The molecule has 0 unspecified atom stereocenters. The average Bonchev–Trinajstić information content (AvgIpc) is 3.42. The maximum absolute atomic E-state index is 6.26. The van der Waals surface area contributed by atoms with E-state index in [1.807, 2.05) is 0 Å². The van der Waals surface area contributed by atoms with Gasteiger partial charge in [-0.3, -0.25) is 0 Å². The van der Waals surface area contributed by atoms with E-state index in [-0.39, 0.29) is 12.2 Å². The standard InChI is InChI=1S/C22H22O4/c1-3-15-7-23-9-17(15)5-13(1)21-19-11-26-22(20(19)12-25-21)14-2-4-16-8-24-10-18(16)6-14/h1-6,19-22H,7-12H2/t19-,20-,21-,22+/m0/s1. The van der Waals surface area contributed by atoms with Crippen molar-refractivity contribution in [2.75, 3.05) is 13.2 Å². The van der Waals surface area contributed by atoms with E-state index in [0.717, 1.165) is 39.6 Å². The molecule has 0 amide bonds. The minimum atomic E-state index is 0.133. The van der Waals surface area contributed by atoms with Crippen molar-refractivity contribution in [3.8, 4) is 0 Å². The van der Waals surface area contributed by atoms with E-state index in [1.54, 1.807) is 0 Å². The molecule has 0 aromatic heterocycles. The molecule has 0 spiro atoms. The zero-order chi connectivity index (χ0) is 17.1. The third kappa shape index (κ3) is 2.30. The molecule has 4 heteroatoms. The van der Waals surface area contributed by atoms with Crippen molar-refractivity contribution in [3.05, 3.63) is 69.8 Å². The highest BCUT2D eigenvalue weighted by Crippen LogP contribution is 2.50. The van der Waals surface area contributed by atoms with Crippen molar-refractivity contribution in [2.45, 2.75) is 38.6 Å². The number of hydrogen-bond acceptors (Lipinski definition) is 4. The highest BCUT2D eigenvalue weighted by atomic mass is 16.5. The molecule has 134 valence electrons. The van der Waals surface area contributed by atoms with Crippen LogP contribution in [0.15, 0.2) is 36.4 Å². The first-order chi connectivity index (χ1) is 12.9. The minimum Gasteiger partial charge on any atom is -0.373 e. The molecule has 2 saturated heterocycles. The van der Waals surface area contributed by atoms with Crippen LogP contribution in [-0.2, 0) is 45.4 Å². The van der Waals surface area contributed by atoms with Crippen molar-refractivity contribution in [1.29, 1.82) is 0 Å². The van der Waals surface area contributed by atoms with Crippen molar-refractivity contribution in [2.24, 2.45) is 11.8 Å². The normalized spacial score (nSPS) is 31.8. The molecule has 4 atom stereocenters. The SMILES string of the molecule is c1cc2c(cc1[C@H]1OC[C@H]3[C@@H]1CO[C@H]3c1ccc3c(c1)COC3)COC2. The van der Waals surface area contributed by atoms with Gasteiger partial charge in [-0.2, -0.15) is 0 Å². The molecule has 4 heterocycles. The molecule has 2 aromatic carbocycles. The Morgan fingerprint density at radius 3 is 1.54 bits per heavy atom. The van der Waals surface area contributed by atoms with Gasteiger partial charge >= 0.3 is 0 Å². The van der Waals surface area contributed by atoms with Crippen molar-refractivity contribution in [3.63, 3.8) is 0 Å². The number of rotatable bonds is 2. The molecular formula is C22H22O4. The Bertz CT molecular complexity index is 790. The maximum atomic E-state index is 6.26. The quantitative estimate of drug-likeness (QED) is 0.825. The summed E-state index contributed by atoms with van der Waals surface area (Å²) in [6.45, 7) is 4.45. The lowest BCUT2D eigenvalue weighted by Crippen LogP contribution is -2.15. The molecule has 4 aliphatic rings. The summed E-state index contributed by atoms with van der Waals surface area (Å²) in [5, 5.41) is 0. The van der Waals surface area contributed by atoms with Crippen LogP contribution < -0.4 is 0 Å². The van der Waals surface area contributed by atoms with E-state index in [9.17, 15) is 0 Å². The van der Waals surface area contributed by atoms with Crippen LogP contribution in [-0.4, -0.2) is 13.2 Å².